The second kappa shape index (κ2) is 7.36. The van der Waals surface area contributed by atoms with Gasteiger partial charge in [0.15, 0.2) is 0 Å². The van der Waals surface area contributed by atoms with Gasteiger partial charge in [0.1, 0.15) is 10.7 Å². The number of likely N-dealkylation sites (tertiary alicyclic amines) is 1. The number of anilines is 1. The van der Waals surface area contributed by atoms with Crippen molar-refractivity contribution in [2.24, 2.45) is 5.92 Å². The number of amides is 2. The van der Waals surface area contributed by atoms with Crippen LogP contribution in [0.2, 0.25) is 0 Å². The highest BCUT2D eigenvalue weighted by molar-refractivity contribution is 7.10. The highest BCUT2D eigenvalue weighted by atomic mass is 32.1. The summed E-state index contributed by atoms with van der Waals surface area (Å²) in [5, 5.41) is 14.8. The normalized spacial score (nSPS) is 24.5. The average Bonchev–Trinajstić information content (AvgIpc) is 3.29. The molecule has 27 heavy (non-hydrogen) atoms. The third-order valence-electron chi connectivity index (χ3n) is 5.33. The zero-order valence-corrected chi connectivity index (χ0v) is 15.9. The number of nitrogens with one attached hydrogen (secondary N) is 1. The quantitative estimate of drug-likeness (QED) is 0.842. The van der Waals surface area contributed by atoms with Crippen molar-refractivity contribution in [3.8, 4) is 0 Å². The molecule has 2 aromatic rings. The summed E-state index contributed by atoms with van der Waals surface area (Å²) in [4.78, 5) is 35.6. The summed E-state index contributed by atoms with van der Waals surface area (Å²) in [6.07, 6.45) is 5.85. The number of carbonyl (C=O) groups is 2. The van der Waals surface area contributed by atoms with Gasteiger partial charge in [-0.1, -0.05) is 0 Å². The molecule has 2 N–H and O–H groups in total. The van der Waals surface area contributed by atoms with Crippen molar-refractivity contribution < 1.29 is 14.7 Å². The number of carbonyl (C=O) groups excluding carboxylic acids is 2. The summed E-state index contributed by atoms with van der Waals surface area (Å²) in [7, 11) is 0. The molecule has 1 aliphatic carbocycles. The minimum Gasteiger partial charge on any atom is -0.393 e. The molecule has 3 heterocycles. The lowest BCUT2D eigenvalue weighted by Gasteiger charge is -2.35. The molecular weight excluding hydrogens is 364 g/mol. The molecule has 0 bridgehead atoms. The summed E-state index contributed by atoms with van der Waals surface area (Å²) in [6, 6.07) is 1.77. The number of hydrogen-bond acceptors (Lipinski definition) is 6. The maximum Gasteiger partial charge on any atom is 0.275 e. The summed E-state index contributed by atoms with van der Waals surface area (Å²) < 4.78 is 0. The van der Waals surface area contributed by atoms with E-state index < -0.39 is 0 Å². The van der Waals surface area contributed by atoms with Crippen LogP contribution in [0.1, 0.15) is 52.8 Å². The smallest absolute Gasteiger partial charge is 0.275 e. The van der Waals surface area contributed by atoms with Crippen molar-refractivity contribution in [3.63, 3.8) is 0 Å². The molecule has 1 saturated heterocycles. The van der Waals surface area contributed by atoms with Crippen LogP contribution in [0.25, 0.3) is 0 Å². The van der Waals surface area contributed by atoms with Crippen LogP contribution >= 0.6 is 11.3 Å². The van der Waals surface area contributed by atoms with Crippen molar-refractivity contribution in [1.29, 1.82) is 0 Å². The Labute approximate surface area is 161 Å². The molecule has 142 valence electrons. The van der Waals surface area contributed by atoms with E-state index in [0.29, 0.717) is 30.8 Å². The van der Waals surface area contributed by atoms with Gasteiger partial charge in [-0.25, -0.2) is 4.98 Å². The monoisotopic (exact) mass is 386 g/mol. The zero-order valence-electron chi connectivity index (χ0n) is 15.1. The SMILES string of the molecule is Cc1ccncc1NC(=O)c1csc([C@H]2CCCN2C(=O)C2CC(O)C2)n1. The molecule has 8 heteroatoms. The second-order valence-electron chi connectivity index (χ2n) is 7.23. The van der Waals surface area contributed by atoms with Crippen molar-refractivity contribution in [3.05, 3.63) is 40.1 Å². The van der Waals surface area contributed by atoms with Gasteiger partial charge in [-0.15, -0.1) is 11.3 Å². The van der Waals surface area contributed by atoms with Gasteiger partial charge in [-0.05, 0) is 44.2 Å². The first kappa shape index (κ1) is 18.1. The molecule has 1 aliphatic heterocycles. The van der Waals surface area contributed by atoms with Crippen LogP contribution in [0.4, 0.5) is 5.69 Å². The maximum atomic E-state index is 12.7. The molecule has 2 aromatic heterocycles. The van der Waals surface area contributed by atoms with Gasteiger partial charge in [0.05, 0.1) is 24.0 Å². The first-order valence-electron chi connectivity index (χ1n) is 9.19. The minimum atomic E-state index is -0.342. The number of thiazole rings is 1. The van der Waals surface area contributed by atoms with Crippen molar-refractivity contribution in [2.45, 2.75) is 44.8 Å². The molecule has 2 aliphatic rings. The van der Waals surface area contributed by atoms with E-state index in [1.807, 2.05) is 17.9 Å². The number of aromatic nitrogens is 2. The van der Waals surface area contributed by atoms with Gasteiger partial charge in [0.25, 0.3) is 5.91 Å². The van der Waals surface area contributed by atoms with Crippen LogP contribution in [0.3, 0.4) is 0 Å². The molecule has 1 saturated carbocycles. The Kier molecular flexibility index (Phi) is 4.92. The Morgan fingerprint density at radius 1 is 1.37 bits per heavy atom. The lowest BCUT2D eigenvalue weighted by Crippen LogP contribution is -2.43. The summed E-state index contributed by atoms with van der Waals surface area (Å²) >= 11 is 1.42. The number of hydrogen-bond donors (Lipinski definition) is 2. The fourth-order valence-corrected chi connectivity index (χ4v) is 4.58. The Morgan fingerprint density at radius 3 is 2.93 bits per heavy atom. The van der Waals surface area contributed by atoms with Gasteiger partial charge in [0, 0.05) is 24.0 Å². The second-order valence-corrected chi connectivity index (χ2v) is 8.12. The highest BCUT2D eigenvalue weighted by Gasteiger charge is 2.40. The van der Waals surface area contributed by atoms with E-state index in [0.717, 1.165) is 23.4 Å². The van der Waals surface area contributed by atoms with Crippen molar-refractivity contribution >= 4 is 28.8 Å². The van der Waals surface area contributed by atoms with Crippen LogP contribution in [-0.2, 0) is 4.79 Å². The van der Waals surface area contributed by atoms with Crippen LogP contribution < -0.4 is 5.32 Å². The number of pyridine rings is 1. The van der Waals surface area contributed by atoms with Crippen LogP contribution in [0.15, 0.2) is 23.8 Å². The van der Waals surface area contributed by atoms with E-state index in [2.05, 4.69) is 15.3 Å². The number of aryl methyl sites for hydroxylation is 1. The first-order chi connectivity index (χ1) is 13.0. The fraction of sp³-hybridized carbons (Fsp3) is 0.474. The van der Waals surface area contributed by atoms with Crippen molar-refractivity contribution in [1.82, 2.24) is 14.9 Å². The molecule has 0 aromatic carbocycles. The van der Waals surface area contributed by atoms with Crippen LogP contribution in [0.5, 0.6) is 0 Å². The van der Waals surface area contributed by atoms with E-state index in [9.17, 15) is 14.7 Å². The Morgan fingerprint density at radius 2 is 2.19 bits per heavy atom. The number of rotatable bonds is 4. The summed E-state index contributed by atoms with van der Waals surface area (Å²) in [6.45, 7) is 2.62. The fourth-order valence-electron chi connectivity index (χ4n) is 3.64. The predicted molar refractivity (Wildman–Crippen MR) is 101 cm³/mol. The summed E-state index contributed by atoms with van der Waals surface area (Å²) in [5.41, 5.74) is 1.96. The largest absolute Gasteiger partial charge is 0.393 e. The third kappa shape index (κ3) is 3.59. The Hall–Kier alpha value is -2.32. The average molecular weight is 386 g/mol. The molecule has 0 unspecified atom stereocenters. The molecule has 2 fully saturated rings. The van der Waals surface area contributed by atoms with Gasteiger partial charge in [0.2, 0.25) is 5.91 Å². The van der Waals surface area contributed by atoms with E-state index in [1.165, 1.54) is 11.3 Å². The van der Waals surface area contributed by atoms with Gasteiger partial charge in [-0.2, -0.15) is 0 Å². The van der Waals surface area contributed by atoms with Crippen LogP contribution in [-0.4, -0.2) is 44.4 Å². The van der Waals surface area contributed by atoms with Crippen LogP contribution in [0, 0.1) is 12.8 Å². The third-order valence-corrected chi connectivity index (χ3v) is 6.27. The molecule has 0 radical (unpaired) electrons. The van der Waals surface area contributed by atoms with Gasteiger partial charge in [-0.3, -0.25) is 14.6 Å². The maximum absolute atomic E-state index is 12.7. The van der Waals surface area contributed by atoms with Gasteiger partial charge < -0.3 is 15.3 Å². The minimum absolute atomic E-state index is 0.0677. The molecule has 0 spiro atoms. The number of aliphatic hydroxyl groups is 1. The van der Waals surface area contributed by atoms with E-state index in [4.69, 9.17) is 0 Å². The number of aliphatic hydroxyl groups excluding tert-OH is 1. The number of nitrogens with zero attached hydrogens (tertiary/aromatic N) is 3. The molecule has 4 rings (SSSR count). The van der Waals surface area contributed by atoms with E-state index >= 15 is 0 Å². The summed E-state index contributed by atoms with van der Waals surface area (Å²) in [5.74, 6) is -0.238. The first-order valence-corrected chi connectivity index (χ1v) is 10.1. The topological polar surface area (TPSA) is 95.4 Å². The van der Waals surface area contributed by atoms with Crippen molar-refractivity contribution in [2.75, 3.05) is 11.9 Å². The standard InChI is InChI=1S/C19H22N4O3S/c1-11-4-5-20-9-14(11)21-17(25)15-10-27-18(22-15)16-3-2-6-23(16)19(26)12-7-13(24)8-12/h4-5,9-10,12-13,16,24H,2-3,6-8H2,1H3,(H,21,25)/t12?,13?,16-/m1/s1. The van der Waals surface area contributed by atoms with E-state index in [-0.39, 0.29) is 29.9 Å². The lowest BCUT2D eigenvalue weighted by atomic mass is 9.81. The molecular formula is C19H22N4O3S. The lowest BCUT2D eigenvalue weighted by molar-refractivity contribution is -0.143. The molecule has 7 nitrogen and oxygen atoms in total. The van der Waals surface area contributed by atoms with Gasteiger partial charge >= 0.3 is 0 Å². The molecule has 2 amide bonds. The molecule has 1 atom stereocenters. The zero-order chi connectivity index (χ0) is 19.0. The van der Waals surface area contributed by atoms with E-state index in [1.54, 1.807) is 17.8 Å². The Balaban J connectivity index is 1.46. The highest BCUT2D eigenvalue weighted by Crippen LogP contribution is 2.38. The predicted octanol–water partition coefficient (Wildman–Crippen LogP) is 2.53. The Bertz CT molecular complexity index is 862.